The molecule has 0 aliphatic carbocycles. The molecule has 1 nitrogen and oxygen atoms in total. The molecule has 0 amide bonds. The third kappa shape index (κ3) is 1.86. The first-order chi connectivity index (χ1) is 6.79. The van der Waals surface area contributed by atoms with Gasteiger partial charge in [-0.2, -0.15) is 0 Å². The van der Waals surface area contributed by atoms with E-state index in [0.29, 0.717) is 0 Å². The lowest BCUT2D eigenvalue weighted by molar-refractivity contribution is 0.112. The molecule has 0 saturated heterocycles. The summed E-state index contributed by atoms with van der Waals surface area (Å²) in [6.45, 7) is 0. The van der Waals surface area contributed by atoms with Gasteiger partial charge in [0.15, 0.2) is 6.29 Å². The quantitative estimate of drug-likeness (QED) is 0.705. The second kappa shape index (κ2) is 3.95. The molecular formula is C11H7ClOS. The van der Waals surface area contributed by atoms with Gasteiger partial charge in [-0.15, -0.1) is 11.3 Å². The topological polar surface area (TPSA) is 17.1 Å². The molecule has 2 aromatic rings. The van der Waals surface area contributed by atoms with Crippen molar-refractivity contribution in [1.29, 1.82) is 0 Å². The normalized spacial score (nSPS) is 10.1. The van der Waals surface area contributed by atoms with Gasteiger partial charge in [-0.1, -0.05) is 23.7 Å². The van der Waals surface area contributed by atoms with Crippen LogP contribution in [0.1, 0.15) is 9.67 Å². The molecule has 0 bridgehead atoms. The highest BCUT2D eigenvalue weighted by molar-refractivity contribution is 7.17. The number of halogens is 1. The second-order valence-corrected chi connectivity index (χ2v) is 4.38. The summed E-state index contributed by atoms with van der Waals surface area (Å²) >= 11 is 7.26. The molecule has 0 radical (unpaired) electrons. The van der Waals surface area contributed by atoms with Gasteiger partial charge in [0.2, 0.25) is 0 Å². The molecule has 0 aliphatic rings. The zero-order valence-corrected chi connectivity index (χ0v) is 8.81. The lowest BCUT2D eigenvalue weighted by Gasteiger charge is -1.95. The van der Waals surface area contributed by atoms with Crippen LogP contribution in [-0.2, 0) is 0 Å². The van der Waals surface area contributed by atoms with E-state index in [1.807, 2.05) is 36.4 Å². The Hall–Kier alpha value is -1.12. The lowest BCUT2D eigenvalue weighted by atomic mass is 10.2. The summed E-state index contributed by atoms with van der Waals surface area (Å²) < 4.78 is 0. The molecule has 0 atom stereocenters. The first kappa shape index (κ1) is 9.44. The zero-order chi connectivity index (χ0) is 9.97. The summed E-state index contributed by atoms with van der Waals surface area (Å²) in [5, 5.41) is 0.723. The first-order valence-corrected chi connectivity index (χ1v) is 5.30. The number of rotatable bonds is 2. The minimum atomic E-state index is 0.723. The maximum atomic E-state index is 10.5. The summed E-state index contributed by atoms with van der Waals surface area (Å²) in [5.41, 5.74) is 1.09. The van der Waals surface area contributed by atoms with E-state index in [9.17, 15) is 4.79 Å². The van der Waals surface area contributed by atoms with Crippen LogP contribution in [0.4, 0.5) is 0 Å². The molecule has 0 N–H and O–H groups in total. The van der Waals surface area contributed by atoms with Crippen molar-refractivity contribution in [3.8, 4) is 10.4 Å². The van der Waals surface area contributed by atoms with Crippen LogP contribution >= 0.6 is 22.9 Å². The molecule has 70 valence electrons. The lowest BCUT2D eigenvalue weighted by Crippen LogP contribution is -1.70. The molecule has 0 fully saturated rings. The maximum Gasteiger partial charge on any atom is 0.160 e. The zero-order valence-electron chi connectivity index (χ0n) is 7.24. The van der Waals surface area contributed by atoms with Gasteiger partial charge in [0.1, 0.15) is 0 Å². The molecule has 0 aliphatic heterocycles. The smallest absolute Gasteiger partial charge is 0.160 e. The number of hydrogen-bond acceptors (Lipinski definition) is 2. The molecule has 0 unspecified atom stereocenters. The van der Waals surface area contributed by atoms with E-state index in [2.05, 4.69) is 0 Å². The van der Waals surface area contributed by atoms with E-state index >= 15 is 0 Å². The fraction of sp³-hybridized carbons (Fsp3) is 0. The molecule has 14 heavy (non-hydrogen) atoms. The van der Waals surface area contributed by atoms with Crippen LogP contribution < -0.4 is 0 Å². The van der Waals surface area contributed by atoms with Crippen LogP contribution in [-0.4, -0.2) is 6.29 Å². The first-order valence-electron chi connectivity index (χ1n) is 4.10. The number of benzene rings is 1. The number of aldehydes is 1. The van der Waals surface area contributed by atoms with Crippen LogP contribution in [0.3, 0.4) is 0 Å². The van der Waals surface area contributed by atoms with Crippen LogP contribution in [0.2, 0.25) is 5.02 Å². The van der Waals surface area contributed by atoms with Crippen LogP contribution in [0.25, 0.3) is 10.4 Å². The van der Waals surface area contributed by atoms with Crippen LogP contribution in [0, 0.1) is 0 Å². The number of carbonyl (C=O) groups excluding carboxylic acids is 1. The SMILES string of the molecule is O=Cc1ccc(-c2ccc(Cl)cc2)s1. The highest BCUT2D eigenvalue weighted by Gasteiger charge is 2.01. The predicted octanol–water partition coefficient (Wildman–Crippen LogP) is 3.88. The van der Waals surface area contributed by atoms with E-state index < -0.39 is 0 Å². The highest BCUT2D eigenvalue weighted by atomic mass is 35.5. The second-order valence-electron chi connectivity index (χ2n) is 2.83. The Morgan fingerprint density at radius 2 is 1.79 bits per heavy atom. The van der Waals surface area contributed by atoms with Crippen molar-refractivity contribution >= 4 is 29.2 Å². The highest BCUT2D eigenvalue weighted by Crippen LogP contribution is 2.27. The van der Waals surface area contributed by atoms with E-state index in [0.717, 1.165) is 26.6 Å². The van der Waals surface area contributed by atoms with Crippen LogP contribution in [0.15, 0.2) is 36.4 Å². The van der Waals surface area contributed by atoms with Gasteiger partial charge in [-0.05, 0) is 29.8 Å². The van der Waals surface area contributed by atoms with E-state index in [-0.39, 0.29) is 0 Å². The molecule has 0 spiro atoms. The van der Waals surface area contributed by atoms with Crippen molar-refractivity contribution < 1.29 is 4.79 Å². The van der Waals surface area contributed by atoms with Crippen LogP contribution in [0.5, 0.6) is 0 Å². The van der Waals surface area contributed by atoms with Gasteiger partial charge >= 0.3 is 0 Å². The molecule has 1 aromatic heterocycles. The average Bonchev–Trinajstić information content (AvgIpc) is 2.67. The standard InChI is InChI=1S/C11H7ClOS/c12-9-3-1-8(2-4-9)11-6-5-10(7-13)14-11/h1-7H. The summed E-state index contributed by atoms with van der Waals surface area (Å²) in [5.74, 6) is 0. The average molecular weight is 223 g/mol. The molecule has 1 aromatic carbocycles. The predicted molar refractivity (Wildman–Crippen MR) is 60.2 cm³/mol. The molecule has 3 heteroatoms. The van der Waals surface area contributed by atoms with E-state index in [1.54, 1.807) is 0 Å². The third-order valence-electron chi connectivity index (χ3n) is 1.87. The molecular weight excluding hydrogens is 216 g/mol. The fourth-order valence-corrected chi connectivity index (χ4v) is 2.14. The summed E-state index contributed by atoms with van der Waals surface area (Å²) in [6.07, 6.45) is 0.865. The van der Waals surface area contributed by atoms with Crippen molar-refractivity contribution in [1.82, 2.24) is 0 Å². The fourth-order valence-electron chi connectivity index (χ4n) is 1.19. The van der Waals surface area contributed by atoms with Crippen molar-refractivity contribution in [2.45, 2.75) is 0 Å². The van der Waals surface area contributed by atoms with Gasteiger partial charge < -0.3 is 0 Å². The molecule has 1 heterocycles. The van der Waals surface area contributed by atoms with E-state index in [4.69, 9.17) is 11.6 Å². The molecule has 2 rings (SSSR count). The third-order valence-corrected chi connectivity index (χ3v) is 3.18. The van der Waals surface area contributed by atoms with Crippen molar-refractivity contribution in [2.75, 3.05) is 0 Å². The Morgan fingerprint density at radius 1 is 1.07 bits per heavy atom. The minimum Gasteiger partial charge on any atom is -0.297 e. The van der Waals surface area contributed by atoms with E-state index in [1.165, 1.54) is 11.3 Å². The monoisotopic (exact) mass is 222 g/mol. The van der Waals surface area contributed by atoms with Gasteiger partial charge in [0.25, 0.3) is 0 Å². The van der Waals surface area contributed by atoms with Crippen molar-refractivity contribution in [3.63, 3.8) is 0 Å². The van der Waals surface area contributed by atoms with Gasteiger partial charge in [-0.25, -0.2) is 0 Å². The Morgan fingerprint density at radius 3 is 2.36 bits per heavy atom. The molecule has 0 saturated carbocycles. The maximum absolute atomic E-state index is 10.5. The summed E-state index contributed by atoms with van der Waals surface area (Å²) in [7, 11) is 0. The van der Waals surface area contributed by atoms with Gasteiger partial charge in [0.05, 0.1) is 4.88 Å². The number of thiophene rings is 1. The van der Waals surface area contributed by atoms with Gasteiger partial charge in [0, 0.05) is 9.90 Å². The van der Waals surface area contributed by atoms with Crippen molar-refractivity contribution in [2.24, 2.45) is 0 Å². The van der Waals surface area contributed by atoms with Crippen molar-refractivity contribution in [3.05, 3.63) is 46.3 Å². The summed E-state index contributed by atoms with van der Waals surface area (Å²) in [4.78, 5) is 12.3. The Balaban J connectivity index is 2.39. The number of carbonyl (C=O) groups is 1. The Kier molecular flexibility index (Phi) is 2.66. The summed E-state index contributed by atoms with van der Waals surface area (Å²) in [6, 6.07) is 11.3. The largest absolute Gasteiger partial charge is 0.297 e. The van der Waals surface area contributed by atoms with Gasteiger partial charge in [-0.3, -0.25) is 4.79 Å². The Labute approximate surface area is 91.0 Å². The minimum absolute atomic E-state index is 0.723. The number of hydrogen-bond donors (Lipinski definition) is 0. The Bertz CT molecular complexity index is 445.